The summed E-state index contributed by atoms with van der Waals surface area (Å²) in [5.74, 6) is 0.958. The first-order valence-corrected chi connectivity index (χ1v) is 6.45. The molecule has 0 aliphatic heterocycles. The smallest absolute Gasteiger partial charge is 0.0934 e. The Balaban J connectivity index is 2.13. The number of hydrogen-bond acceptors (Lipinski definition) is 1. The second-order valence-corrected chi connectivity index (χ2v) is 4.96. The van der Waals surface area contributed by atoms with Crippen molar-refractivity contribution in [3.63, 3.8) is 0 Å². The maximum absolute atomic E-state index is 6.02. The molecule has 1 nitrogen and oxygen atoms in total. The van der Waals surface area contributed by atoms with Gasteiger partial charge >= 0.3 is 0 Å². The van der Waals surface area contributed by atoms with Gasteiger partial charge in [0, 0.05) is 16.3 Å². The molecular weight excluding hydrogens is 287 g/mol. The zero-order chi connectivity index (χ0) is 11.4. The predicted molar refractivity (Wildman–Crippen MR) is 70.0 cm³/mol. The van der Waals surface area contributed by atoms with Gasteiger partial charge in [-0.2, -0.15) is 0 Å². The summed E-state index contributed by atoms with van der Waals surface area (Å²) in [4.78, 5) is 0. The van der Waals surface area contributed by atoms with E-state index >= 15 is 0 Å². The van der Waals surface area contributed by atoms with Crippen LogP contribution in [0, 0.1) is 0 Å². The van der Waals surface area contributed by atoms with Crippen molar-refractivity contribution in [1.29, 1.82) is 0 Å². The average molecular weight is 300 g/mol. The second kappa shape index (κ2) is 5.55. The molecule has 16 heavy (non-hydrogen) atoms. The third-order valence-electron chi connectivity index (χ3n) is 2.59. The van der Waals surface area contributed by atoms with Gasteiger partial charge in [0.05, 0.1) is 12.5 Å². The molecule has 2 aromatic rings. The lowest BCUT2D eigenvalue weighted by Crippen LogP contribution is -2.03. The molecule has 0 radical (unpaired) electrons. The number of alkyl halides is 1. The van der Waals surface area contributed by atoms with Crippen LogP contribution < -0.4 is 0 Å². The molecule has 0 amide bonds. The largest absolute Gasteiger partial charge is 0.472 e. The topological polar surface area (TPSA) is 13.1 Å². The molecule has 1 atom stereocenters. The maximum atomic E-state index is 6.02. The van der Waals surface area contributed by atoms with Crippen LogP contribution in [-0.4, -0.2) is 5.88 Å². The van der Waals surface area contributed by atoms with E-state index in [4.69, 9.17) is 16.0 Å². The van der Waals surface area contributed by atoms with Gasteiger partial charge in [0.15, 0.2) is 0 Å². The summed E-state index contributed by atoms with van der Waals surface area (Å²) >= 11 is 9.45. The zero-order valence-electron chi connectivity index (χ0n) is 8.70. The summed E-state index contributed by atoms with van der Waals surface area (Å²) in [5.41, 5.74) is 2.45. The van der Waals surface area contributed by atoms with Crippen LogP contribution in [0.2, 0.25) is 0 Å². The molecule has 1 aromatic heterocycles. The highest BCUT2D eigenvalue weighted by molar-refractivity contribution is 9.10. The summed E-state index contributed by atoms with van der Waals surface area (Å²) in [6.07, 6.45) is 4.39. The van der Waals surface area contributed by atoms with Crippen LogP contribution in [-0.2, 0) is 6.42 Å². The Hall–Kier alpha value is -0.730. The Morgan fingerprint density at radius 2 is 1.94 bits per heavy atom. The van der Waals surface area contributed by atoms with Crippen LogP contribution in [0.5, 0.6) is 0 Å². The van der Waals surface area contributed by atoms with Crippen LogP contribution in [0.3, 0.4) is 0 Å². The molecule has 0 aliphatic rings. The Bertz CT molecular complexity index is 422. The maximum Gasteiger partial charge on any atom is 0.0934 e. The molecule has 2 rings (SSSR count). The van der Waals surface area contributed by atoms with E-state index in [-0.39, 0.29) is 0 Å². The van der Waals surface area contributed by atoms with Crippen molar-refractivity contribution in [1.82, 2.24) is 0 Å². The van der Waals surface area contributed by atoms with Gasteiger partial charge in [-0.25, -0.2) is 0 Å². The average Bonchev–Trinajstić information content (AvgIpc) is 2.80. The summed E-state index contributed by atoms with van der Waals surface area (Å²) in [5, 5.41) is 0. The highest BCUT2D eigenvalue weighted by Crippen LogP contribution is 2.24. The molecule has 1 heterocycles. The number of benzene rings is 1. The van der Waals surface area contributed by atoms with Gasteiger partial charge in [-0.05, 0) is 35.7 Å². The molecule has 0 N–H and O–H groups in total. The third kappa shape index (κ3) is 2.89. The van der Waals surface area contributed by atoms with Gasteiger partial charge in [0.2, 0.25) is 0 Å². The summed E-state index contributed by atoms with van der Waals surface area (Å²) in [6, 6.07) is 10.3. The van der Waals surface area contributed by atoms with Crippen LogP contribution in [0.4, 0.5) is 0 Å². The number of furan rings is 1. The lowest BCUT2D eigenvalue weighted by Gasteiger charge is -2.13. The van der Waals surface area contributed by atoms with Crippen molar-refractivity contribution in [3.05, 3.63) is 58.5 Å². The minimum absolute atomic E-state index is 0.340. The van der Waals surface area contributed by atoms with Gasteiger partial charge in [0.25, 0.3) is 0 Å². The molecular formula is C13H12BrClO. The Kier molecular flexibility index (Phi) is 4.08. The molecule has 0 aliphatic carbocycles. The van der Waals surface area contributed by atoms with E-state index in [1.54, 1.807) is 12.5 Å². The van der Waals surface area contributed by atoms with Crippen molar-refractivity contribution in [2.45, 2.75) is 12.3 Å². The first-order chi connectivity index (χ1) is 7.79. The SMILES string of the molecule is ClCC(Cc1ccoc1)c1ccc(Br)cc1. The fraction of sp³-hybridized carbons (Fsp3) is 0.231. The Morgan fingerprint density at radius 3 is 2.50 bits per heavy atom. The van der Waals surface area contributed by atoms with E-state index in [0.29, 0.717) is 11.8 Å². The lowest BCUT2D eigenvalue weighted by molar-refractivity contribution is 0.562. The quantitative estimate of drug-likeness (QED) is 0.752. The molecule has 0 bridgehead atoms. The summed E-state index contributed by atoms with van der Waals surface area (Å²) in [7, 11) is 0. The molecule has 0 saturated carbocycles. The Morgan fingerprint density at radius 1 is 1.19 bits per heavy atom. The minimum Gasteiger partial charge on any atom is -0.472 e. The van der Waals surface area contributed by atoms with Crippen LogP contribution in [0.25, 0.3) is 0 Å². The highest BCUT2D eigenvalue weighted by Gasteiger charge is 2.11. The van der Waals surface area contributed by atoms with E-state index in [9.17, 15) is 0 Å². The van der Waals surface area contributed by atoms with Crippen LogP contribution in [0.1, 0.15) is 17.0 Å². The lowest BCUT2D eigenvalue weighted by atomic mass is 9.95. The normalized spacial score (nSPS) is 12.6. The molecule has 0 fully saturated rings. The third-order valence-corrected chi connectivity index (χ3v) is 3.49. The second-order valence-electron chi connectivity index (χ2n) is 3.74. The van der Waals surface area contributed by atoms with Gasteiger partial charge in [-0.1, -0.05) is 28.1 Å². The van der Waals surface area contributed by atoms with Crippen LogP contribution in [0.15, 0.2) is 51.7 Å². The van der Waals surface area contributed by atoms with Crippen molar-refractivity contribution < 1.29 is 4.42 Å². The standard InChI is InChI=1S/C13H12BrClO/c14-13-3-1-11(2-4-13)12(8-15)7-10-5-6-16-9-10/h1-6,9,12H,7-8H2. The van der Waals surface area contributed by atoms with Gasteiger partial charge in [-0.15, -0.1) is 11.6 Å². The molecule has 1 unspecified atom stereocenters. The molecule has 3 heteroatoms. The van der Waals surface area contributed by atoms with Gasteiger partial charge in [-0.3, -0.25) is 0 Å². The fourth-order valence-electron chi connectivity index (χ4n) is 1.69. The summed E-state index contributed by atoms with van der Waals surface area (Å²) < 4.78 is 6.15. The van der Waals surface area contributed by atoms with Gasteiger partial charge in [0.1, 0.15) is 0 Å². The van der Waals surface area contributed by atoms with E-state index in [2.05, 4.69) is 28.1 Å². The monoisotopic (exact) mass is 298 g/mol. The number of halogens is 2. The molecule has 0 spiro atoms. The van der Waals surface area contributed by atoms with Crippen molar-refractivity contribution in [2.24, 2.45) is 0 Å². The van der Waals surface area contributed by atoms with E-state index < -0.39 is 0 Å². The number of hydrogen-bond donors (Lipinski definition) is 0. The minimum atomic E-state index is 0.340. The van der Waals surface area contributed by atoms with E-state index in [0.717, 1.165) is 10.9 Å². The first kappa shape index (κ1) is 11.7. The van der Waals surface area contributed by atoms with Crippen molar-refractivity contribution >= 4 is 27.5 Å². The molecule has 1 aromatic carbocycles. The van der Waals surface area contributed by atoms with Gasteiger partial charge < -0.3 is 4.42 Å². The Labute approximate surface area is 109 Å². The highest BCUT2D eigenvalue weighted by atomic mass is 79.9. The first-order valence-electron chi connectivity index (χ1n) is 5.12. The molecule has 84 valence electrons. The van der Waals surface area contributed by atoms with E-state index in [1.165, 1.54) is 11.1 Å². The zero-order valence-corrected chi connectivity index (χ0v) is 11.0. The fourth-order valence-corrected chi connectivity index (χ4v) is 2.24. The van der Waals surface area contributed by atoms with Crippen LogP contribution >= 0.6 is 27.5 Å². The summed E-state index contributed by atoms with van der Waals surface area (Å²) in [6.45, 7) is 0. The molecule has 0 saturated heterocycles. The number of rotatable bonds is 4. The van der Waals surface area contributed by atoms with Crippen molar-refractivity contribution in [2.75, 3.05) is 5.88 Å². The van der Waals surface area contributed by atoms with E-state index in [1.807, 2.05) is 18.2 Å². The predicted octanol–water partition coefficient (Wildman–Crippen LogP) is 4.61. The van der Waals surface area contributed by atoms with Crippen molar-refractivity contribution in [3.8, 4) is 0 Å².